The molecule has 0 saturated carbocycles. The van der Waals surface area contributed by atoms with Crippen molar-refractivity contribution in [2.75, 3.05) is 31.1 Å². The standard InChI is InChI=1S/C11H22N2S/c1-11(2)9-12-5-6-13(11)10-3-7-14-8-4-10/h10,12H,3-9H2,1-2H3. The van der Waals surface area contributed by atoms with Crippen LogP contribution >= 0.6 is 11.8 Å². The van der Waals surface area contributed by atoms with Gasteiger partial charge in [0.25, 0.3) is 0 Å². The molecule has 2 saturated heterocycles. The molecule has 0 amide bonds. The molecule has 82 valence electrons. The van der Waals surface area contributed by atoms with Gasteiger partial charge < -0.3 is 5.32 Å². The first-order chi connectivity index (χ1) is 6.70. The van der Waals surface area contributed by atoms with E-state index in [9.17, 15) is 0 Å². The Morgan fingerprint density at radius 2 is 2.00 bits per heavy atom. The van der Waals surface area contributed by atoms with Crippen LogP contribution in [-0.4, -0.2) is 47.6 Å². The van der Waals surface area contributed by atoms with Crippen molar-refractivity contribution >= 4 is 11.8 Å². The fourth-order valence-electron chi connectivity index (χ4n) is 2.67. The molecule has 0 unspecified atom stereocenters. The zero-order valence-corrected chi connectivity index (χ0v) is 10.2. The molecule has 0 atom stereocenters. The summed E-state index contributed by atoms with van der Waals surface area (Å²) in [5, 5.41) is 3.50. The van der Waals surface area contributed by atoms with Crippen molar-refractivity contribution in [2.24, 2.45) is 0 Å². The van der Waals surface area contributed by atoms with E-state index in [1.165, 1.54) is 37.4 Å². The molecule has 0 aromatic rings. The van der Waals surface area contributed by atoms with E-state index in [-0.39, 0.29) is 0 Å². The van der Waals surface area contributed by atoms with Gasteiger partial charge in [0.1, 0.15) is 0 Å². The van der Waals surface area contributed by atoms with E-state index in [0.717, 1.165) is 12.6 Å². The summed E-state index contributed by atoms with van der Waals surface area (Å²) in [6, 6.07) is 0.855. The molecule has 0 radical (unpaired) electrons. The third-order valence-electron chi connectivity index (χ3n) is 3.50. The van der Waals surface area contributed by atoms with Gasteiger partial charge in [-0.3, -0.25) is 4.90 Å². The van der Waals surface area contributed by atoms with E-state index in [0.29, 0.717) is 5.54 Å². The second-order valence-corrected chi connectivity index (χ2v) is 6.25. The van der Waals surface area contributed by atoms with Crippen molar-refractivity contribution in [3.8, 4) is 0 Å². The lowest BCUT2D eigenvalue weighted by atomic mass is 9.95. The van der Waals surface area contributed by atoms with E-state index < -0.39 is 0 Å². The van der Waals surface area contributed by atoms with E-state index in [1.54, 1.807) is 0 Å². The average molecular weight is 214 g/mol. The molecule has 0 aromatic carbocycles. The van der Waals surface area contributed by atoms with Gasteiger partial charge >= 0.3 is 0 Å². The summed E-state index contributed by atoms with van der Waals surface area (Å²) in [6.45, 7) is 8.31. The van der Waals surface area contributed by atoms with Crippen molar-refractivity contribution < 1.29 is 0 Å². The number of hydrogen-bond acceptors (Lipinski definition) is 3. The Morgan fingerprint density at radius 1 is 1.29 bits per heavy atom. The monoisotopic (exact) mass is 214 g/mol. The van der Waals surface area contributed by atoms with E-state index in [2.05, 4.69) is 35.8 Å². The van der Waals surface area contributed by atoms with Crippen molar-refractivity contribution in [1.29, 1.82) is 0 Å². The van der Waals surface area contributed by atoms with Gasteiger partial charge in [0.15, 0.2) is 0 Å². The highest BCUT2D eigenvalue weighted by Gasteiger charge is 2.34. The van der Waals surface area contributed by atoms with E-state index in [4.69, 9.17) is 0 Å². The molecule has 3 heteroatoms. The maximum atomic E-state index is 3.50. The van der Waals surface area contributed by atoms with Gasteiger partial charge in [-0.2, -0.15) is 11.8 Å². The summed E-state index contributed by atoms with van der Waals surface area (Å²) in [5.74, 6) is 2.73. The summed E-state index contributed by atoms with van der Waals surface area (Å²) in [7, 11) is 0. The Labute approximate surface area is 91.8 Å². The third kappa shape index (κ3) is 2.26. The van der Waals surface area contributed by atoms with Gasteiger partial charge in [-0.05, 0) is 38.2 Å². The number of hydrogen-bond donors (Lipinski definition) is 1. The lowest BCUT2D eigenvalue weighted by molar-refractivity contribution is 0.0411. The molecule has 0 aromatic heterocycles. The molecule has 2 aliphatic heterocycles. The maximum absolute atomic E-state index is 3.50. The largest absolute Gasteiger partial charge is 0.314 e. The molecule has 0 bridgehead atoms. The average Bonchev–Trinajstić information content (AvgIpc) is 2.18. The van der Waals surface area contributed by atoms with Crippen LogP contribution in [0.25, 0.3) is 0 Å². The SMILES string of the molecule is CC1(C)CNCCN1C1CCSCC1. The van der Waals surface area contributed by atoms with Crippen molar-refractivity contribution in [2.45, 2.75) is 38.3 Å². The first-order valence-electron chi connectivity index (χ1n) is 5.75. The van der Waals surface area contributed by atoms with Crippen LogP contribution in [0.2, 0.25) is 0 Å². The highest BCUT2D eigenvalue weighted by Crippen LogP contribution is 2.28. The molecule has 1 N–H and O–H groups in total. The molecule has 0 spiro atoms. The number of rotatable bonds is 1. The summed E-state index contributed by atoms with van der Waals surface area (Å²) in [6.07, 6.45) is 2.79. The summed E-state index contributed by atoms with van der Waals surface area (Å²) in [5.41, 5.74) is 0.366. The van der Waals surface area contributed by atoms with E-state index >= 15 is 0 Å². The van der Waals surface area contributed by atoms with Gasteiger partial charge in [-0.15, -0.1) is 0 Å². The quantitative estimate of drug-likeness (QED) is 0.713. The summed E-state index contributed by atoms with van der Waals surface area (Å²) < 4.78 is 0. The first-order valence-corrected chi connectivity index (χ1v) is 6.91. The Kier molecular flexibility index (Phi) is 3.40. The zero-order chi connectivity index (χ0) is 10.0. The predicted molar refractivity (Wildman–Crippen MR) is 64.0 cm³/mol. The van der Waals surface area contributed by atoms with Crippen LogP contribution in [0.1, 0.15) is 26.7 Å². The Balaban J connectivity index is 1.99. The normalized spacial score (nSPS) is 30.4. The molecule has 2 aliphatic rings. The fraction of sp³-hybridized carbons (Fsp3) is 1.00. The summed E-state index contributed by atoms with van der Waals surface area (Å²) in [4.78, 5) is 2.74. The Bertz CT molecular complexity index is 188. The topological polar surface area (TPSA) is 15.3 Å². The van der Waals surface area contributed by atoms with Crippen LogP contribution in [0, 0.1) is 0 Å². The predicted octanol–water partition coefficient (Wildman–Crippen LogP) is 1.57. The van der Waals surface area contributed by atoms with Crippen LogP contribution in [0.4, 0.5) is 0 Å². The van der Waals surface area contributed by atoms with Crippen molar-refractivity contribution in [1.82, 2.24) is 10.2 Å². The molecule has 2 heterocycles. The van der Waals surface area contributed by atoms with Crippen LogP contribution < -0.4 is 5.32 Å². The van der Waals surface area contributed by atoms with Gasteiger partial charge in [-0.1, -0.05) is 0 Å². The smallest absolute Gasteiger partial charge is 0.0281 e. The minimum Gasteiger partial charge on any atom is -0.314 e. The van der Waals surface area contributed by atoms with Gasteiger partial charge in [0.05, 0.1) is 0 Å². The molecule has 0 aliphatic carbocycles. The molecule has 14 heavy (non-hydrogen) atoms. The highest BCUT2D eigenvalue weighted by atomic mass is 32.2. The highest BCUT2D eigenvalue weighted by molar-refractivity contribution is 7.99. The minimum absolute atomic E-state index is 0.366. The molecule has 2 nitrogen and oxygen atoms in total. The molecular formula is C11H22N2S. The second-order valence-electron chi connectivity index (χ2n) is 5.03. The van der Waals surface area contributed by atoms with Crippen molar-refractivity contribution in [3.05, 3.63) is 0 Å². The molecule has 2 rings (SSSR count). The van der Waals surface area contributed by atoms with Crippen molar-refractivity contribution in [3.63, 3.8) is 0 Å². The van der Waals surface area contributed by atoms with E-state index in [1.807, 2.05) is 0 Å². The lowest BCUT2D eigenvalue weighted by Crippen LogP contribution is -2.61. The first kappa shape index (κ1) is 10.8. The third-order valence-corrected chi connectivity index (χ3v) is 4.54. The summed E-state index contributed by atoms with van der Waals surface area (Å²) >= 11 is 2.12. The van der Waals surface area contributed by atoms with Gasteiger partial charge in [-0.25, -0.2) is 0 Å². The fourth-order valence-corrected chi connectivity index (χ4v) is 3.75. The maximum Gasteiger partial charge on any atom is 0.0281 e. The number of piperazine rings is 1. The van der Waals surface area contributed by atoms with Gasteiger partial charge in [0, 0.05) is 31.2 Å². The Morgan fingerprint density at radius 3 is 2.64 bits per heavy atom. The van der Waals surface area contributed by atoms with Gasteiger partial charge in [0.2, 0.25) is 0 Å². The number of thioether (sulfide) groups is 1. The van der Waals surface area contributed by atoms with Crippen LogP contribution in [-0.2, 0) is 0 Å². The molecule has 2 fully saturated rings. The minimum atomic E-state index is 0.366. The number of nitrogens with one attached hydrogen (secondary N) is 1. The number of nitrogens with zero attached hydrogens (tertiary/aromatic N) is 1. The van der Waals surface area contributed by atoms with Crippen LogP contribution in [0.3, 0.4) is 0 Å². The van der Waals surface area contributed by atoms with Crippen LogP contribution in [0.15, 0.2) is 0 Å². The zero-order valence-electron chi connectivity index (χ0n) is 9.38. The second kappa shape index (κ2) is 4.42. The molecular weight excluding hydrogens is 192 g/mol. The van der Waals surface area contributed by atoms with Crippen LogP contribution in [0.5, 0.6) is 0 Å². The Hall–Kier alpha value is 0.270. The lowest BCUT2D eigenvalue weighted by Gasteiger charge is -2.48.